The number of piperazine rings is 1. The molecular formula is C10H18Cl3N6P. The summed E-state index contributed by atoms with van der Waals surface area (Å²) in [5.74, 6) is -0.920. The Balaban J connectivity index is 2.10. The molecule has 0 radical (unpaired) electrons. The Morgan fingerprint density at radius 2 is 1.85 bits per heavy atom. The van der Waals surface area contributed by atoms with E-state index < -0.39 is 5.91 Å². The van der Waals surface area contributed by atoms with Gasteiger partial charge in [-0.3, -0.25) is 4.90 Å². The molecule has 1 saturated heterocycles. The normalized spacial score (nSPS) is 22.9. The summed E-state index contributed by atoms with van der Waals surface area (Å²) in [4.78, 5) is 10.6. The van der Waals surface area contributed by atoms with E-state index in [-0.39, 0.29) is 0 Å². The van der Waals surface area contributed by atoms with Crippen LogP contribution in [0.3, 0.4) is 0 Å². The first kappa shape index (κ1) is 16.4. The van der Waals surface area contributed by atoms with E-state index in [9.17, 15) is 0 Å². The summed E-state index contributed by atoms with van der Waals surface area (Å²) in [7, 11) is 3.72. The Morgan fingerprint density at radius 1 is 1.20 bits per heavy atom. The highest BCUT2D eigenvalue weighted by Gasteiger charge is 2.26. The van der Waals surface area contributed by atoms with Crippen LogP contribution >= 0.6 is 40.0 Å². The van der Waals surface area contributed by atoms with Gasteiger partial charge < -0.3 is 9.80 Å². The number of halogens is 3. The quantitative estimate of drug-likeness (QED) is 0.562. The number of aliphatic imine (C=N–C) groups is 1. The minimum absolute atomic E-state index is 0.525. The van der Waals surface area contributed by atoms with E-state index in [1.54, 1.807) is 4.90 Å². The van der Waals surface area contributed by atoms with Crippen LogP contribution in [0.25, 0.3) is 0 Å². The second kappa shape index (κ2) is 6.84. The van der Waals surface area contributed by atoms with Gasteiger partial charge in [0.1, 0.15) is 0 Å². The summed E-state index contributed by atoms with van der Waals surface area (Å²) in [6.07, 6.45) is 0. The molecule has 0 amide bonds. The average Bonchev–Trinajstić information content (AvgIpc) is 2.38. The molecule has 20 heavy (non-hydrogen) atoms. The van der Waals surface area contributed by atoms with Crippen molar-refractivity contribution in [1.82, 2.24) is 14.7 Å². The van der Waals surface area contributed by atoms with Crippen LogP contribution in [0, 0.1) is 0 Å². The molecule has 0 aromatic heterocycles. The van der Waals surface area contributed by atoms with Crippen molar-refractivity contribution in [3.05, 3.63) is 0 Å². The zero-order chi connectivity index (χ0) is 14.8. The van der Waals surface area contributed by atoms with Crippen molar-refractivity contribution < 1.29 is 0 Å². The first-order valence-electron chi connectivity index (χ1n) is 6.32. The molecule has 0 bridgehead atoms. The molecule has 0 aliphatic carbocycles. The predicted octanol–water partition coefficient (Wildman–Crippen LogP) is 2.55. The third-order valence-corrected chi connectivity index (χ3v) is 4.99. The molecule has 10 heteroatoms. The maximum absolute atomic E-state index is 6.16. The summed E-state index contributed by atoms with van der Waals surface area (Å²) >= 11 is 18.1. The summed E-state index contributed by atoms with van der Waals surface area (Å²) in [6.45, 7) is 4.46. The van der Waals surface area contributed by atoms with Crippen LogP contribution < -0.4 is 0 Å². The van der Waals surface area contributed by atoms with Gasteiger partial charge in [0.2, 0.25) is 11.9 Å². The third kappa shape index (κ3) is 4.25. The lowest BCUT2D eigenvalue weighted by Gasteiger charge is -2.35. The minimum atomic E-state index is -2.69. The Hall–Kier alpha value is -0.000000000000000111. The van der Waals surface area contributed by atoms with Crippen LogP contribution in [0.5, 0.6) is 0 Å². The molecule has 0 N–H and O–H groups in total. The fourth-order valence-corrected chi connectivity index (χ4v) is 3.91. The number of alkyl halides is 1. The Bertz CT molecular complexity index is 464. The van der Waals surface area contributed by atoms with Gasteiger partial charge in [0.15, 0.2) is 0 Å². The molecule has 0 unspecified atom stereocenters. The smallest absolute Gasteiger partial charge is 0.259 e. The van der Waals surface area contributed by atoms with E-state index in [2.05, 4.69) is 24.3 Å². The highest BCUT2D eigenvalue weighted by atomic mass is 35.9. The molecule has 0 saturated carbocycles. The van der Waals surface area contributed by atoms with Crippen LogP contribution in [0.15, 0.2) is 14.5 Å². The summed E-state index contributed by atoms with van der Waals surface area (Å²) in [5.41, 5.74) is 0. The first-order chi connectivity index (χ1) is 9.41. The molecule has 2 rings (SSSR count). The second-order valence-corrected chi connectivity index (χ2v) is 9.82. The van der Waals surface area contributed by atoms with Crippen LogP contribution in [0.2, 0.25) is 0 Å². The van der Waals surface area contributed by atoms with E-state index in [1.807, 2.05) is 14.1 Å². The lowest BCUT2D eigenvalue weighted by molar-refractivity contribution is 0.190. The average molecular weight is 360 g/mol. The second-order valence-electron chi connectivity index (χ2n) is 4.78. The van der Waals surface area contributed by atoms with Gasteiger partial charge in [-0.2, -0.15) is 14.5 Å². The molecule has 0 aromatic rings. The molecule has 2 aliphatic rings. The van der Waals surface area contributed by atoms with Crippen molar-refractivity contribution in [3.63, 3.8) is 0 Å². The Labute approximate surface area is 134 Å². The molecular weight excluding hydrogens is 341 g/mol. The molecule has 0 aromatic carbocycles. The topological polar surface area (TPSA) is 46.8 Å². The van der Waals surface area contributed by atoms with Crippen molar-refractivity contribution in [3.8, 4) is 0 Å². The van der Waals surface area contributed by atoms with Crippen molar-refractivity contribution in [2.45, 2.75) is 0 Å². The molecule has 1 fully saturated rings. The number of guanidine groups is 2. The number of hydrogen-bond acceptors (Lipinski definition) is 6. The van der Waals surface area contributed by atoms with Crippen LogP contribution in [0.1, 0.15) is 0 Å². The summed E-state index contributed by atoms with van der Waals surface area (Å²) < 4.78 is 8.48. The molecule has 0 atom stereocenters. The highest BCUT2D eigenvalue weighted by molar-refractivity contribution is 8.09. The van der Waals surface area contributed by atoms with Gasteiger partial charge >= 0.3 is 0 Å². The van der Waals surface area contributed by atoms with Gasteiger partial charge in [-0.1, -0.05) is 0 Å². The number of hydrogen-bond donors (Lipinski definition) is 0. The Morgan fingerprint density at radius 3 is 2.40 bits per heavy atom. The fraction of sp³-hybridized carbons (Fsp3) is 0.800. The summed E-state index contributed by atoms with van der Waals surface area (Å²) in [6, 6.07) is 0. The summed E-state index contributed by atoms with van der Waals surface area (Å²) in [5, 5.41) is 0. The molecule has 6 nitrogen and oxygen atoms in total. The Kier molecular flexibility index (Phi) is 5.60. The van der Waals surface area contributed by atoms with Crippen LogP contribution in [-0.4, -0.2) is 79.3 Å². The zero-order valence-electron chi connectivity index (χ0n) is 11.5. The molecule has 2 heterocycles. The van der Waals surface area contributed by atoms with Crippen molar-refractivity contribution in [1.29, 1.82) is 0 Å². The van der Waals surface area contributed by atoms with E-state index in [1.165, 1.54) is 0 Å². The maximum atomic E-state index is 6.16. The number of nitrogens with zero attached hydrogens (tertiary/aromatic N) is 6. The SMILES string of the molecule is CN(C)C1=NC(N2CCN(CCCl)CC2)=NP(Cl)(Cl)=N1. The zero-order valence-corrected chi connectivity index (χ0v) is 14.7. The third-order valence-electron chi connectivity index (χ3n) is 3.08. The van der Waals surface area contributed by atoms with Gasteiger partial charge in [0, 0.05) is 52.7 Å². The van der Waals surface area contributed by atoms with Gasteiger partial charge in [-0.15, -0.1) is 11.6 Å². The molecule has 0 spiro atoms. The van der Waals surface area contributed by atoms with Crippen LogP contribution in [0.4, 0.5) is 0 Å². The van der Waals surface area contributed by atoms with Crippen molar-refractivity contribution in [2.24, 2.45) is 14.5 Å². The lowest BCUT2D eigenvalue weighted by Crippen LogP contribution is -2.49. The van der Waals surface area contributed by atoms with E-state index in [0.717, 1.165) is 32.7 Å². The lowest BCUT2D eigenvalue weighted by atomic mass is 10.3. The van der Waals surface area contributed by atoms with Gasteiger partial charge in [-0.05, 0) is 22.5 Å². The van der Waals surface area contributed by atoms with Gasteiger partial charge in [0.05, 0.1) is 0 Å². The van der Waals surface area contributed by atoms with Gasteiger partial charge in [0.25, 0.3) is 5.91 Å². The number of rotatable bonds is 2. The van der Waals surface area contributed by atoms with E-state index in [4.69, 9.17) is 34.1 Å². The monoisotopic (exact) mass is 358 g/mol. The predicted molar refractivity (Wildman–Crippen MR) is 88.3 cm³/mol. The maximum Gasteiger partial charge on any atom is 0.259 e. The van der Waals surface area contributed by atoms with Gasteiger partial charge in [-0.25, -0.2) is 0 Å². The van der Waals surface area contributed by atoms with Crippen LogP contribution in [-0.2, 0) is 0 Å². The minimum Gasteiger partial charge on any atom is -0.347 e. The molecule has 2 aliphatic heterocycles. The highest BCUT2D eigenvalue weighted by Crippen LogP contribution is 2.63. The first-order valence-corrected chi connectivity index (χ1v) is 10.4. The molecule has 114 valence electrons. The van der Waals surface area contributed by atoms with Crippen molar-refractivity contribution in [2.75, 3.05) is 52.7 Å². The van der Waals surface area contributed by atoms with E-state index in [0.29, 0.717) is 17.8 Å². The van der Waals surface area contributed by atoms with E-state index >= 15 is 0 Å². The standard InChI is InChI=1S/C10H18Cl3N6P/c1-17(2)9-14-10(16-20(12,13)15-9)19-7-5-18(4-3-11)6-8-19/h3-8H2,1-2H3. The fourth-order valence-electron chi connectivity index (χ4n) is 1.99. The van der Waals surface area contributed by atoms with Crippen molar-refractivity contribution >= 4 is 51.9 Å². The largest absolute Gasteiger partial charge is 0.347 e.